The second-order valence-corrected chi connectivity index (χ2v) is 7.02. The van der Waals surface area contributed by atoms with Crippen LogP contribution in [0.4, 0.5) is 5.82 Å². The van der Waals surface area contributed by atoms with Crippen LogP contribution in [0.5, 0.6) is 0 Å². The van der Waals surface area contributed by atoms with Gasteiger partial charge in [-0.1, -0.05) is 24.3 Å². The van der Waals surface area contributed by atoms with Gasteiger partial charge >= 0.3 is 0 Å². The van der Waals surface area contributed by atoms with Gasteiger partial charge < -0.3 is 4.90 Å². The highest BCUT2D eigenvalue weighted by atomic mass is 16.1. The number of fused-ring (bicyclic) bond motifs is 2. The SMILES string of the molecule is O=c1cc2c(nn1CC1CN(c3nncc4ccccc34)C1)CCC2. The van der Waals surface area contributed by atoms with Gasteiger partial charge in [0.15, 0.2) is 5.82 Å². The highest BCUT2D eigenvalue weighted by Crippen LogP contribution is 2.29. The smallest absolute Gasteiger partial charge is 0.267 e. The van der Waals surface area contributed by atoms with E-state index in [-0.39, 0.29) is 5.56 Å². The number of nitrogens with zero attached hydrogens (tertiary/aromatic N) is 5. The van der Waals surface area contributed by atoms with Gasteiger partial charge in [0.2, 0.25) is 0 Å². The lowest BCUT2D eigenvalue weighted by Crippen LogP contribution is -2.50. The van der Waals surface area contributed by atoms with E-state index in [1.165, 1.54) is 0 Å². The van der Waals surface area contributed by atoms with Crippen molar-refractivity contribution in [3.63, 3.8) is 0 Å². The van der Waals surface area contributed by atoms with E-state index in [1.54, 1.807) is 16.9 Å². The molecule has 6 nitrogen and oxygen atoms in total. The second kappa shape index (κ2) is 5.65. The van der Waals surface area contributed by atoms with Crippen LogP contribution < -0.4 is 10.5 Å². The van der Waals surface area contributed by atoms with Crippen molar-refractivity contribution in [3.05, 3.63) is 58.1 Å². The van der Waals surface area contributed by atoms with Crippen molar-refractivity contribution in [2.75, 3.05) is 18.0 Å². The zero-order valence-electron chi connectivity index (χ0n) is 13.9. The lowest BCUT2D eigenvalue weighted by molar-refractivity contribution is 0.331. The Hall–Kier alpha value is -2.76. The maximum atomic E-state index is 12.2. The number of hydrogen-bond donors (Lipinski definition) is 0. The Kier molecular flexibility index (Phi) is 3.29. The van der Waals surface area contributed by atoms with Gasteiger partial charge in [0.25, 0.3) is 5.56 Å². The van der Waals surface area contributed by atoms with Crippen molar-refractivity contribution < 1.29 is 0 Å². The summed E-state index contributed by atoms with van der Waals surface area (Å²) in [5, 5.41) is 15.3. The number of aromatic nitrogens is 4. The number of benzene rings is 1. The van der Waals surface area contributed by atoms with E-state index in [1.807, 2.05) is 12.1 Å². The maximum Gasteiger partial charge on any atom is 0.267 e. The molecular weight excluding hydrogens is 314 g/mol. The third-order valence-corrected chi connectivity index (χ3v) is 5.26. The van der Waals surface area contributed by atoms with Gasteiger partial charge in [-0.05, 0) is 24.8 Å². The highest BCUT2D eigenvalue weighted by molar-refractivity contribution is 5.91. The van der Waals surface area contributed by atoms with Gasteiger partial charge in [-0.3, -0.25) is 4.79 Å². The molecule has 0 spiro atoms. The Labute approximate surface area is 145 Å². The summed E-state index contributed by atoms with van der Waals surface area (Å²) in [6, 6.07) is 9.96. The molecule has 1 aromatic carbocycles. The number of rotatable bonds is 3. The number of aryl methyl sites for hydroxylation is 2. The van der Waals surface area contributed by atoms with Crippen LogP contribution in [0.15, 0.2) is 41.3 Å². The molecule has 1 saturated heterocycles. The van der Waals surface area contributed by atoms with E-state index in [4.69, 9.17) is 0 Å². The molecule has 1 fully saturated rings. The molecule has 2 aliphatic rings. The van der Waals surface area contributed by atoms with Crippen molar-refractivity contribution in [2.45, 2.75) is 25.8 Å². The van der Waals surface area contributed by atoms with Crippen LogP contribution in [0, 0.1) is 5.92 Å². The fraction of sp³-hybridized carbons (Fsp3) is 0.368. The topological polar surface area (TPSA) is 63.9 Å². The second-order valence-electron chi connectivity index (χ2n) is 7.02. The van der Waals surface area contributed by atoms with E-state index < -0.39 is 0 Å². The van der Waals surface area contributed by atoms with Crippen molar-refractivity contribution in [1.29, 1.82) is 0 Å². The summed E-state index contributed by atoms with van der Waals surface area (Å²) in [6.07, 6.45) is 4.90. The summed E-state index contributed by atoms with van der Waals surface area (Å²) in [5.41, 5.74) is 2.28. The monoisotopic (exact) mass is 333 g/mol. The third kappa shape index (κ3) is 2.49. The van der Waals surface area contributed by atoms with E-state index >= 15 is 0 Å². The minimum Gasteiger partial charge on any atom is -0.354 e. The lowest BCUT2D eigenvalue weighted by atomic mass is 9.99. The molecule has 0 saturated carbocycles. The molecule has 126 valence electrons. The molecule has 1 aliphatic heterocycles. The van der Waals surface area contributed by atoms with Crippen LogP contribution in [-0.4, -0.2) is 33.1 Å². The maximum absolute atomic E-state index is 12.2. The summed E-state index contributed by atoms with van der Waals surface area (Å²) in [5.74, 6) is 1.36. The van der Waals surface area contributed by atoms with Gasteiger partial charge in [-0.2, -0.15) is 10.2 Å². The van der Waals surface area contributed by atoms with Gasteiger partial charge in [-0.15, -0.1) is 5.10 Å². The average molecular weight is 333 g/mol. The van der Waals surface area contributed by atoms with Crippen LogP contribution in [0.25, 0.3) is 10.8 Å². The predicted molar refractivity (Wildman–Crippen MR) is 95.8 cm³/mol. The van der Waals surface area contributed by atoms with Crippen molar-refractivity contribution in [2.24, 2.45) is 5.92 Å². The quantitative estimate of drug-likeness (QED) is 0.731. The average Bonchev–Trinajstić information content (AvgIpc) is 3.04. The van der Waals surface area contributed by atoms with Gasteiger partial charge in [-0.25, -0.2) is 4.68 Å². The molecule has 5 rings (SSSR count). The van der Waals surface area contributed by atoms with Crippen molar-refractivity contribution >= 4 is 16.6 Å². The Morgan fingerprint density at radius 3 is 2.96 bits per heavy atom. The summed E-state index contributed by atoms with van der Waals surface area (Å²) < 4.78 is 1.65. The number of anilines is 1. The first-order valence-electron chi connectivity index (χ1n) is 8.83. The molecule has 1 aliphatic carbocycles. The largest absolute Gasteiger partial charge is 0.354 e. The minimum atomic E-state index is 0.0315. The van der Waals surface area contributed by atoms with E-state index in [0.29, 0.717) is 12.5 Å². The first-order chi connectivity index (χ1) is 12.3. The standard InChI is InChI=1S/C19H19N5O/c25-18-8-14-5-3-7-17(14)22-24(18)12-13-10-23(11-13)19-16-6-2-1-4-15(16)9-20-21-19/h1-2,4,6,8-9,13H,3,5,7,10-12H2. The fourth-order valence-corrected chi connectivity index (χ4v) is 3.92. The molecule has 3 aromatic rings. The van der Waals surface area contributed by atoms with Crippen LogP contribution >= 0.6 is 0 Å². The fourth-order valence-electron chi connectivity index (χ4n) is 3.92. The molecule has 25 heavy (non-hydrogen) atoms. The first-order valence-corrected chi connectivity index (χ1v) is 8.83. The summed E-state index contributed by atoms with van der Waals surface area (Å²) in [4.78, 5) is 14.5. The molecule has 2 aromatic heterocycles. The Morgan fingerprint density at radius 2 is 2.04 bits per heavy atom. The normalized spacial score (nSPS) is 16.9. The predicted octanol–water partition coefficient (Wildman–Crippen LogP) is 1.81. The molecule has 0 bridgehead atoms. The zero-order valence-corrected chi connectivity index (χ0v) is 13.9. The van der Waals surface area contributed by atoms with Crippen LogP contribution in [0.3, 0.4) is 0 Å². The molecule has 0 radical (unpaired) electrons. The summed E-state index contributed by atoms with van der Waals surface area (Å²) in [6.45, 7) is 2.45. The van der Waals surface area contributed by atoms with E-state index in [2.05, 4.69) is 32.3 Å². The molecule has 3 heterocycles. The van der Waals surface area contributed by atoms with E-state index in [9.17, 15) is 4.79 Å². The molecule has 0 atom stereocenters. The van der Waals surface area contributed by atoms with Crippen LogP contribution in [0.1, 0.15) is 17.7 Å². The summed E-state index contributed by atoms with van der Waals surface area (Å²) >= 11 is 0. The van der Waals surface area contributed by atoms with E-state index in [0.717, 1.165) is 60.2 Å². The molecule has 0 N–H and O–H groups in total. The summed E-state index contributed by atoms with van der Waals surface area (Å²) in [7, 11) is 0. The number of hydrogen-bond acceptors (Lipinski definition) is 5. The van der Waals surface area contributed by atoms with Gasteiger partial charge in [0, 0.05) is 35.8 Å². The first kappa shape index (κ1) is 14.6. The minimum absolute atomic E-state index is 0.0315. The van der Waals surface area contributed by atoms with Crippen molar-refractivity contribution in [1.82, 2.24) is 20.0 Å². The zero-order chi connectivity index (χ0) is 16.8. The highest BCUT2D eigenvalue weighted by Gasteiger charge is 2.30. The third-order valence-electron chi connectivity index (χ3n) is 5.26. The molecule has 6 heteroatoms. The van der Waals surface area contributed by atoms with Crippen LogP contribution in [-0.2, 0) is 19.4 Å². The van der Waals surface area contributed by atoms with Gasteiger partial charge in [0.1, 0.15) is 0 Å². The Morgan fingerprint density at radius 1 is 1.16 bits per heavy atom. The molecule has 0 unspecified atom stereocenters. The van der Waals surface area contributed by atoms with Crippen molar-refractivity contribution in [3.8, 4) is 0 Å². The molecule has 0 amide bonds. The Balaban J connectivity index is 1.33. The van der Waals surface area contributed by atoms with Crippen LogP contribution in [0.2, 0.25) is 0 Å². The van der Waals surface area contributed by atoms with Gasteiger partial charge in [0.05, 0.1) is 18.4 Å². The Bertz CT molecular complexity index is 1000. The molecular formula is C19H19N5O. The lowest BCUT2D eigenvalue weighted by Gasteiger charge is -2.40.